The highest BCUT2D eigenvalue weighted by Gasteiger charge is 2.36. The van der Waals surface area contributed by atoms with Gasteiger partial charge in [0.1, 0.15) is 11.0 Å². The molecule has 0 aromatic carbocycles. The Balaban J connectivity index is 2.41. The van der Waals surface area contributed by atoms with Gasteiger partial charge in [0.2, 0.25) is 10.0 Å². The monoisotopic (exact) mass is 239 g/mol. The topological polar surface area (TPSA) is 94.3 Å². The van der Waals surface area contributed by atoms with Crippen LogP contribution >= 0.6 is 0 Å². The average molecular weight is 239 g/mol. The van der Waals surface area contributed by atoms with Gasteiger partial charge in [-0.25, -0.2) is 13.4 Å². The molecular formula is C9H9N3O3S. The van der Waals surface area contributed by atoms with Crippen molar-refractivity contribution < 1.29 is 13.5 Å². The number of aromatic nitrogens is 1. The molecule has 1 aromatic rings. The van der Waals surface area contributed by atoms with E-state index in [1.165, 1.54) is 18.3 Å². The number of aliphatic hydroxyl groups is 1. The maximum atomic E-state index is 12.0. The van der Waals surface area contributed by atoms with Gasteiger partial charge in [0.25, 0.3) is 0 Å². The molecule has 1 aliphatic heterocycles. The molecule has 0 aliphatic carbocycles. The lowest BCUT2D eigenvalue weighted by Crippen LogP contribution is -2.53. The molecule has 0 unspecified atom stereocenters. The van der Waals surface area contributed by atoms with E-state index in [1.807, 2.05) is 0 Å². The van der Waals surface area contributed by atoms with Crippen molar-refractivity contribution in [3.05, 3.63) is 24.0 Å². The summed E-state index contributed by atoms with van der Waals surface area (Å²) in [6, 6.07) is 4.54. The Labute approximate surface area is 92.8 Å². The van der Waals surface area contributed by atoms with Crippen molar-refractivity contribution in [2.45, 2.75) is 11.0 Å². The van der Waals surface area contributed by atoms with Crippen LogP contribution in [-0.4, -0.2) is 42.0 Å². The number of aliphatic hydroxyl groups excluding tert-OH is 1. The number of hydrogen-bond acceptors (Lipinski definition) is 5. The standard InChI is InChI=1S/C9H9N3O3S/c10-4-8-9(2-1-3-11-8)16(14,15)12-5-7(13)6-12/h1-3,7,13H,5-6H2. The van der Waals surface area contributed by atoms with Crippen molar-refractivity contribution in [2.75, 3.05) is 13.1 Å². The molecule has 2 heterocycles. The lowest BCUT2D eigenvalue weighted by atomic mass is 10.2. The predicted molar refractivity (Wildman–Crippen MR) is 53.7 cm³/mol. The summed E-state index contributed by atoms with van der Waals surface area (Å²) in [7, 11) is -3.69. The highest BCUT2D eigenvalue weighted by molar-refractivity contribution is 7.89. The Hall–Kier alpha value is -1.49. The number of β-amino-alcohol motifs (C(OH)–C–C–N with tert-alkyl or cyclic N) is 1. The quantitative estimate of drug-likeness (QED) is 0.737. The number of nitriles is 1. The van der Waals surface area contributed by atoms with Crippen LogP contribution in [0.25, 0.3) is 0 Å². The second-order valence-corrected chi connectivity index (χ2v) is 5.34. The molecule has 0 radical (unpaired) electrons. The SMILES string of the molecule is N#Cc1ncccc1S(=O)(=O)N1CC(O)C1. The molecule has 1 aromatic heterocycles. The second kappa shape index (κ2) is 3.83. The van der Waals surface area contributed by atoms with Crippen molar-refractivity contribution in [3.63, 3.8) is 0 Å². The van der Waals surface area contributed by atoms with E-state index >= 15 is 0 Å². The van der Waals surface area contributed by atoms with Gasteiger partial charge in [0.15, 0.2) is 5.69 Å². The van der Waals surface area contributed by atoms with Gasteiger partial charge < -0.3 is 5.11 Å². The first-order chi connectivity index (χ1) is 7.55. The average Bonchev–Trinajstić information content (AvgIpc) is 2.24. The lowest BCUT2D eigenvalue weighted by Gasteiger charge is -2.34. The summed E-state index contributed by atoms with van der Waals surface area (Å²) in [4.78, 5) is 3.59. The zero-order valence-electron chi connectivity index (χ0n) is 8.24. The molecule has 0 bridgehead atoms. The first-order valence-electron chi connectivity index (χ1n) is 4.59. The molecule has 0 atom stereocenters. The van der Waals surface area contributed by atoms with Crippen LogP contribution in [0.4, 0.5) is 0 Å². The lowest BCUT2D eigenvalue weighted by molar-refractivity contribution is 0.0547. The highest BCUT2D eigenvalue weighted by Crippen LogP contribution is 2.22. The van der Waals surface area contributed by atoms with Gasteiger partial charge in [-0.2, -0.15) is 9.57 Å². The number of rotatable bonds is 2. The van der Waals surface area contributed by atoms with Crippen LogP contribution in [-0.2, 0) is 10.0 Å². The minimum absolute atomic E-state index is 0.0715. The molecule has 1 fully saturated rings. The van der Waals surface area contributed by atoms with Crippen LogP contribution in [0.15, 0.2) is 23.2 Å². The summed E-state index contributed by atoms with van der Waals surface area (Å²) in [5, 5.41) is 17.8. The molecular weight excluding hydrogens is 230 g/mol. The van der Waals surface area contributed by atoms with Crippen LogP contribution in [0.2, 0.25) is 0 Å². The number of sulfonamides is 1. The van der Waals surface area contributed by atoms with Gasteiger partial charge in [-0.3, -0.25) is 0 Å². The first-order valence-corrected chi connectivity index (χ1v) is 6.03. The Morgan fingerprint density at radius 3 is 2.81 bits per heavy atom. The number of hydrogen-bond donors (Lipinski definition) is 1. The normalized spacial score (nSPS) is 17.8. The molecule has 0 amide bonds. The van der Waals surface area contributed by atoms with Crippen molar-refractivity contribution in [3.8, 4) is 6.07 Å². The van der Waals surface area contributed by atoms with Crippen LogP contribution in [0.3, 0.4) is 0 Å². The largest absolute Gasteiger partial charge is 0.390 e. The highest BCUT2D eigenvalue weighted by atomic mass is 32.2. The molecule has 2 rings (SSSR count). The Morgan fingerprint density at radius 1 is 1.56 bits per heavy atom. The zero-order chi connectivity index (χ0) is 11.8. The van der Waals surface area contributed by atoms with E-state index in [2.05, 4.69) is 4.98 Å². The number of pyridine rings is 1. The third-order valence-corrected chi connectivity index (χ3v) is 4.19. The second-order valence-electron chi connectivity index (χ2n) is 3.44. The summed E-state index contributed by atoms with van der Waals surface area (Å²) in [5.74, 6) is 0. The predicted octanol–water partition coefficient (Wildman–Crippen LogP) is -0.682. The summed E-state index contributed by atoms with van der Waals surface area (Å²) >= 11 is 0. The fourth-order valence-corrected chi connectivity index (χ4v) is 3.04. The minimum Gasteiger partial charge on any atom is -0.390 e. The van der Waals surface area contributed by atoms with Crippen molar-refractivity contribution in [2.24, 2.45) is 0 Å². The summed E-state index contributed by atoms with van der Waals surface area (Å²) in [6.07, 6.45) is 0.750. The summed E-state index contributed by atoms with van der Waals surface area (Å²) < 4.78 is 25.0. The number of nitrogens with zero attached hydrogens (tertiary/aromatic N) is 3. The van der Waals surface area contributed by atoms with Crippen molar-refractivity contribution >= 4 is 10.0 Å². The van der Waals surface area contributed by atoms with Gasteiger partial charge in [-0.15, -0.1) is 0 Å². The van der Waals surface area contributed by atoms with E-state index in [4.69, 9.17) is 10.4 Å². The molecule has 1 saturated heterocycles. The molecule has 6 nitrogen and oxygen atoms in total. The van der Waals surface area contributed by atoms with Crippen LogP contribution < -0.4 is 0 Å². The van der Waals surface area contributed by atoms with E-state index in [0.29, 0.717) is 0 Å². The summed E-state index contributed by atoms with van der Waals surface area (Å²) in [6.45, 7) is 0.143. The van der Waals surface area contributed by atoms with E-state index in [0.717, 1.165) is 4.31 Å². The maximum Gasteiger partial charge on any atom is 0.246 e. The molecule has 0 saturated carbocycles. The minimum atomic E-state index is -3.69. The molecule has 1 aliphatic rings. The Kier molecular flexibility index (Phi) is 2.63. The van der Waals surface area contributed by atoms with Crippen molar-refractivity contribution in [1.82, 2.24) is 9.29 Å². The van der Waals surface area contributed by atoms with Gasteiger partial charge >= 0.3 is 0 Å². The van der Waals surface area contributed by atoms with Crippen molar-refractivity contribution in [1.29, 1.82) is 5.26 Å². The smallest absolute Gasteiger partial charge is 0.246 e. The molecule has 7 heteroatoms. The van der Waals surface area contributed by atoms with Crippen LogP contribution in [0, 0.1) is 11.3 Å². The molecule has 84 valence electrons. The van der Waals surface area contributed by atoms with E-state index in [1.54, 1.807) is 6.07 Å². The maximum absolute atomic E-state index is 12.0. The van der Waals surface area contributed by atoms with E-state index in [-0.39, 0.29) is 23.7 Å². The molecule has 1 N–H and O–H groups in total. The molecule has 0 spiro atoms. The third kappa shape index (κ3) is 1.67. The Morgan fingerprint density at radius 2 is 2.25 bits per heavy atom. The van der Waals surface area contributed by atoms with Gasteiger partial charge in [0, 0.05) is 19.3 Å². The fraction of sp³-hybridized carbons (Fsp3) is 0.333. The fourth-order valence-electron chi connectivity index (χ4n) is 1.43. The Bertz CT molecular complexity index is 543. The van der Waals surface area contributed by atoms with Crippen LogP contribution in [0.5, 0.6) is 0 Å². The van der Waals surface area contributed by atoms with Gasteiger partial charge in [-0.1, -0.05) is 0 Å². The van der Waals surface area contributed by atoms with Gasteiger partial charge in [0.05, 0.1) is 6.10 Å². The van der Waals surface area contributed by atoms with E-state index < -0.39 is 16.1 Å². The third-order valence-electron chi connectivity index (χ3n) is 2.32. The van der Waals surface area contributed by atoms with Gasteiger partial charge in [-0.05, 0) is 12.1 Å². The van der Waals surface area contributed by atoms with Crippen LogP contribution in [0.1, 0.15) is 5.69 Å². The summed E-state index contributed by atoms with van der Waals surface area (Å²) in [5.41, 5.74) is -0.121. The first kappa shape index (κ1) is 11.0. The van der Waals surface area contributed by atoms with E-state index in [9.17, 15) is 8.42 Å². The molecule has 16 heavy (non-hydrogen) atoms. The zero-order valence-corrected chi connectivity index (χ0v) is 9.05.